The van der Waals surface area contributed by atoms with Crippen molar-refractivity contribution in [1.82, 2.24) is 4.90 Å². The molecule has 2 heteroatoms. The molecular weight excluding hydrogens is 148 g/mol. The highest BCUT2D eigenvalue weighted by molar-refractivity contribution is 4.85. The Morgan fingerprint density at radius 1 is 1.42 bits per heavy atom. The molecule has 0 spiro atoms. The Balaban J connectivity index is 3.55. The van der Waals surface area contributed by atoms with Crippen molar-refractivity contribution in [3.05, 3.63) is 12.2 Å². The largest absolute Gasteiger partial charge is 0.327 e. The van der Waals surface area contributed by atoms with Gasteiger partial charge in [0.2, 0.25) is 0 Å². The van der Waals surface area contributed by atoms with E-state index in [1.165, 1.54) is 12.8 Å². The predicted molar refractivity (Wildman–Crippen MR) is 55.2 cm³/mol. The second-order valence-electron chi connectivity index (χ2n) is 3.28. The number of nitrogens with two attached hydrogens (primary N) is 1. The smallest absolute Gasteiger partial charge is 0.0163 e. The predicted octanol–water partition coefficient (Wildman–Crippen LogP) is 1.62. The molecule has 0 aromatic rings. The van der Waals surface area contributed by atoms with Crippen molar-refractivity contribution < 1.29 is 0 Å². The van der Waals surface area contributed by atoms with E-state index in [2.05, 4.69) is 31.9 Å². The maximum Gasteiger partial charge on any atom is 0.0163 e. The number of likely N-dealkylation sites (N-methyl/N-ethyl adjacent to an activating group) is 1. The van der Waals surface area contributed by atoms with Gasteiger partial charge in [0.05, 0.1) is 0 Å². The SMILES string of the molecule is CCCC(C)N(C)CC=CCN. The molecule has 0 rings (SSSR count). The van der Waals surface area contributed by atoms with E-state index in [1.807, 2.05) is 6.08 Å². The first-order valence-electron chi connectivity index (χ1n) is 4.77. The second-order valence-corrected chi connectivity index (χ2v) is 3.28. The first-order chi connectivity index (χ1) is 5.72. The molecule has 1 atom stereocenters. The van der Waals surface area contributed by atoms with Crippen LogP contribution in [0.1, 0.15) is 26.7 Å². The Morgan fingerprint density at radius 2 is 2.08 bits per heavy atom. The Hall–Kier alpha value is -0.340. The summed E-state index contributed by atoms with van der Waals surface area (Å²) in [6.45, 7) is 6.15. The molecule has 0 fully saturated rings. The summed E-state index contributed by atoms with van der Waals surface area (Å²) >= 11 is 0. The molecule has 0 saturated carbocycles. The normalized spacial score (nSPS) is 14.4. The highest BCUT2D eigenvalue weighted by Gasteiger charge is 2.04. The van der Waals surface area contributed by atoms with E-state index in [0.717, 1.165) is 6.54 Å². The fourth-order valence-electron chi connectivity index (χ4n) is 1.16. The maximum absolute atomic E-state index is 5.34. The molecule has 72 valence electrons. The first kappa shape index (κ1) is 11.7. The van der Waals surface area contributed by atoms with E-state index in [-0.39, 0.29) is 0 Å². The van der Waals surface area contributed by atoms with E-state index in [0.29, 0.717) is 12.6 Å². The Bertz CT molecular complexity index is 121. The van der Waals surface area contributed by atoms with Crippen molar-refractivity contribution in [1.29, 1.82) is 0 Å². The van der Waals surface area contributed by atoms with Gasteiger partial charge in [-0.15, -0.1) is 0 Å². The van der Waals surface area contributed by atoms with E-state index >= 15 is 0 Å². The molecule has 2 N–H and O–H groups in total. The van der Waals surface area contributed by atoms with Crippen molar-refractivity contribution in [2.45, 2.75) is 32.7 Å². The summed E-state index contributed by atoms with van der Waals surface area (Å²) in [5, 5.41) is 0. The lowest BCUT2D eigenvalue weighted by Gasteiger charge is -2.22. The molecule has 0 heterocycles. The van der Waals surface area contributed by atoms with Crippen LogP contribution in [0.15, 0.2) is 12.2 Å². The average Bonchev–Trinajstić information content (AvgIpc) is 2.05. The van der Waals surface area contributed by atoms with Crippen molar-refractivity contribution >= 4 is 0 Å². The summed E-state index contributed by atoms with van der Waals surface area (Å²) < 4.78 is 0. The Labute approximate surface area is 76.4 Å². The number of nitrogens with zero attached hydrogens (tertiary/aromatic N) is 1. The van der Waals surface area contributed by atoms with Crippen molar-refractivity contribution in [3.8, 4) is 0 Å². The summed E-state index contributed by atoms with van der Waals surface area (Å²) in [6, 6.07) is 0.678. The molecule has 0 aromatic carbocycles. The van der Waals surface area contributed by atoms with Crippen LogP contribution in [0.3, 0.4) is 0 Å². The van der Waals surface area contributed by atoms with Crippen molar-refractivity contribution in [3.63, 3.8) is 0 Å². The van der Waals surface area contributed by atoms with Crippen LogP contribution in [0, 0.1) is 0 Å². The van der Waals surface area contributed by atoms with Gasteiger partial charge in [0, 0.05) is 19.1 Å². The van der Waals surface area contributed by atoms with Crippen LogP contribution >= 0.6 is 0 Å². The highest BCUT2D eigenvalue weighted by Crippen LogP contribution is 2.02. The molecule has 0 aromatic heterocycles. The van der Waals surface area contributed by atoms with E-state index < -0.39 is 0 Å². The van der Waals surface area contributed by atoms with Gasteiger partial charge in [0.1, 0.15) is 0 Å². The van der Waals surface area contributed by atoms with Gasteiger partial charge < -0.3 is 10.6 Å². The van der Waals surface area contributed by atoms with Gasteiger partial charge in [-0.25, -0.2) is 0 Å². The lowest BCUT2D eigenvalue weighted by atomic mass is 10.2. The molecular formula is C10H22N2. The van der Waals surface area contributed by atoms with Crippen molar-refractivity contribution in [2.75, 3.05) is 20.1 Å². The van der Waals surface area contributed by atoms with Gasteiger partial charge in [0.25, 0.3) is 0 Å². The second kappa shape index (κ2) is 7.32. The highest BCUT2D eigenvalue weighted by atomic mass is 15.1. The molecule has 0 saturated heterocycles. The standard InChI is InChI=1S/C10H22N2/c1-4-7-10(2)12(3)9-6-5-8-11/h5-6,10H,4,7-9,11H2,1-3H3. The van der Waals surface area contributed by atoms with Crippen LogP contribution in [0.5, 0.6) is 0 Å². The van der Waals surface area contributed by atoms with Crippen LogP contribution in [-0.2, 0) is 0 Å². The van der Waals surface area contributed by atoms with Crippen LogP contribution in [0.4, 0.5) is 0 Å². The summed E-state index contributed by atoms with van der Waals surface area (Å²) in [5.74, 6) is 0. The first-order valence-corrected chi connectivity index (χ1v) is 4.77. The zero-order valence-corrected chi connectivity index (χ0v) is 8.59. The molecule has 0 radical (unpaired) electrons. The summed E-state index contributed by atoms with van der Waals surface area (Å²) in [6.07, 6.45) is 6.67. The lowest BCUT2D eigenvalue weighted by Crippen LogP contribution is -2.28. The topological polar surface area (TPSA) is 29.3 Å². The quantitative estimate of drug-likeness (QED) is 0.614. The zero-order valence-electron chi connectivity index (χ0n) is 8.59. The molecule has 1 unspecified atom stereocenters. The van der Waals surface area contributed by atoms with Gasteiger partial charge in [-0.2, -0.15) is 0 Å². The molecule has 0 aliphatic carbocycles. The van der Waals surface area contributed by atoms with Gasteiger partial charge >= 0.3 is 0 Å². The maximum atomic E-state index is 5.34. The van der Waals surface area contributed by atoms with E-state index in [1.54, 1.807) is 0 Å². The van der Waals surface area contributed by atoms with E-state index in [4.69, 9.17) is 5.73 Å². The Kier molecular flexibility index (Phi) is 7.11. The Morgan fingerprint density at radius 3 is 2.58 bits per heavy atom. The molecule has 0 aliphatic heterocycles. The summed E-state index contributed by atoms with van der Waals surface area (Å²) in [5.41, 5.74) is 5.34. The lowest BCUT2D eigenvalue weighted by molar-refractivity contribution is 0.269. The average molecular weight is 170 g/mol. The van der Waals surface area contributed by atoms with Crippen LogP contribution in [0.25, 0.3) is 0 Å². The number of hydrogen-bond donors (Lipinski definition) is 1. The summed E-state index contributed by atoms with van der Waals surface area (Å²) in [4.78, 5) is 2.34. The zero-order chi connectivity index (χ0) is 9.40. The number of rotatable bonds is 6. The molecule has 0 bridgehead atoms. The molecule has 2 nitrogen and oxygen atoms in total. The molecule has 12 heavy (non-hydrogen) atoms. The van der Waals surface area contributed by atoms with Crippen LogP contribution < -0.4 is 5.73 Å². The fourth-order valence-corrected chi connectivity index (χ4v) is 1.16. The van der Waals surface area contributed by atoms with Gasteiger partial charge in [-0.3, -0.25) is 0 Å². The molecule has 0 amide bonds. The van der Waals surface area contributed by atoms with Gasteiger partial charge in [0.15, 0.2) is 0 Å². The van der Waals surface area contributed by atoms with Gasteiger partial charge in [-0.05, 0) is 20.4 Å². The van der Waals surface area contributed by atoms with Crippen LogP contribution in [-0.4, -0.2) is 31.1 Å². The number of hydrogen-bond acceptors (Lipinski definition) is 2. The van der Waals surface area contributed by atoms with Gasteiger partial charge in [-0.1, -0.05) is 25.5 Å². The minimum Gasteiger partial charge on any atom is -0.327 e. The monoisotopic (exact) mass is 170 g/mol. The van der Waals surface area contributed by atoms with Crippen molar-refractivity contribution in [2.24, 2.45) is 5.73 Å². The summed E-state index contributed by atoms with van der Waals surface area (Å²) in [7, 11) is 2.15. The van der Waals surface area contributed by atoms with E-state index in [9.17, 15) is 0 Å². The third kappa shape index (κ3) is 5.33. The molecule has 0 aliphatic rings. The third-order valence-corrected chi connectivity index (χ3v) is 2.16. The minimum atomic E-state index is 0.649. The van der Waals surface area contributed by atoms with Crippen LogP contribution in [0.2, 0.25) is 0 Å². The minimum absolute atomic E-state index is 0.649. The third-order valence-electron chi connectivity index (χ3n) is 2.16. The fraction of sp³-hybridized carbons (Fsp3) is 0.800.